The molecule has 1 aromatic heterocycles. The molecule has 1 aliphatic rings. The van der Waals surface area contributed by atoms with E-state index in [4.69, 9.17) is 0 Å². The highest BCUT2D eigenvalue weighted by atomic mass is 15.4. The van der Waals surface area contributed by atoms with Crippen molar-refractivity contribution in [3.05, 3.63) is 11.9 Å². The lowest BCUT2D eigenvalue weighted by molar-refractivity contribution is 0.366. The monoisotopic (exact) mass is 180 g/mol. The maximum Gasteiger partial charge on any atom is 0.0725 e. The molecular formula is C9H16N4. The predicted octanol–water partition coefficient (Wildman–Crippen LogP) is 0.357. The Bertz CT molecular complexity index is 262. The van der Waals surface area contributed by atoms with Gasteiger partial charge in [0.1, 0.15) is 0 Å². The topological polar surface area (TPSA) is 42.7 Å². The van der Waals surface area contributed by atoms with Crippen molar-refractivity contribution in [1.82, 2.24) is 20.3 Å². The van der Waals surface area contributed by atoms with E-state index >= 15 is 0 Å². The minimum Gasteiger partial charge on any atom is -0.317 e. The summed E-state index contributed by atoms with van der Waals surface area (Å²) >= 11 is 0. The van der Waals surface area contributed by atoms with Crippen molar-refractivity contribution in [2.45, 2.75) is 19.3 Å². The summed E-state index contributed by atoms with van der Waals surface area (Å²) in [5.41, 5.74) is 1.26. The summed E-state index contributed by atoms with van der Waals surface area (Å²) < 4.78 is 1.88. The highest BCUT2D eigenvalue weighted by molar-refractivity contribution is 4.95. The molecule has 4 heteroatoms. The van der Waals surface area contributed by atoms with Gasteiger partial charge in [-0.15, -0.1) is 5.10 Å². The van der Waals surface area contributed by atoms with Crippen LogP contribution in [0.15, 0.2) is 6.20 Å². The second-order valence-electron chi connectivity index (χ2n) is 3.75. The standard InChI is InChI=1S/C9H16N4/c1-13-9(7-11-12-13)6-8-2-4-10-5-3-8/h7-8,10H,2-6H2,1H3. The van der Waals surface area contributed by atoms with Crippen LogP contribution in [0.1, 0.15) is 18.5 Å². The third kappa shape index (κ3) is 2.06. The molecule has 72 valence electrons. The van der Waals surface area contributed by atoms with Crippen LogP contribution in [-0.4, -0.2) is 28.1 Å². The predicted molar refractivity (Wildman–Crippen MR) is 50.3 cm³/mol. The summed E-state index contributed by atoms with van der Waals surface area (Å²) in [5, 5.41) is 11.2. The maximum absolute atomic E-state index is 3.93. The van der Waals surface area contributed by atoms with Gasteiger partial charge in [0.25, 0.3) is 0 Å². The second kappa shape index (κ2) is 3.87. The van der Waals surface area contributed by atoms with Crippen molar-refractivity contribution < 1.29 is 0 Å². The Balaban J connectivity index is 1.93. The molecule has 0 atom stereocenters. The fraction of sp³-hybridized carbons (Fsp3) is 0.778. The lowest BCUT2D eigenvalue weighted by Gasteiger charge is -2.21. The minimum atomic E-state index is 0.818. The molecule has 2 heterocycles. The number of hydrogen-bond acceptors (Lipinski definition) is 3. The van der Waals surface area contributed by atoms with Crippen molar-refractivity contribution in [3.63, 3.8) is 0 Å². The lowest BCUT2D eigenvalue weighted by atomic mass is 9.93. The quantitative estimate of drug-likeness (QED) is 0.714. The van der Waals surface area contributed by atoms with Crippen LogP contribution >= 0.6 is 0 Å². The summed E-state index contributed by atoms with van der Waals surface area (Å²) in [7, 11) is 1.96. The zero-order valence-electron chi connectivity index (χ0n) is 8.03. The summed E-state index contributed by atoms with van der Waals surface area (Å²) in [4.78, 5) is 0. The third-order valence-electron chi connectivity index (χ3n) is 2.76. The highest BCUT2D eigenvalue weighted by Crippen LogP contribution is 2.16. The van der Waals surface area contributed by atoms with Gasteiger partial charge in [-0.2, -0.15) is 0 Å². The highest BCUT2D eigenvalue weighted by Gasteiger charge is 2.14. The Hall–Kier alpha value is -0.900. The van der Waals surface area contributed by atoms with Gasteiger partial charge < -0.3 is 5.32 Å². The number of nitrogens with zero attached hydrogens (tertiary/aromatic N) is 3. The van der Waals surface area contributed by atoms with Crippen LogP contribution < -0.4 is 5.32 Å². The third-order valence-corrected chi connectivity index (χ3v) is 2.76. The first-order valence-corrected chi connectivity index (χ1v) is 4.90. The number of rotatable bonds is 2. The molecule has 0 aromatic carbocycles. The maximum atomic E-state index is 3.93. The molecule has 1 fully saturated rings. The number of aryl methyl sites for hydroxylation is 1. The summed E-state index contributed by atoms with van der Waals surface area (Å²) in [6.07, 6.45) is 5.57. The van der Waals surface area contributed by atoms with Gasteiger partial charge in [-0.05, 0) is 38.3 Å². The zero-order chi connectivity index (χ0) is 9.10. The molecular weight excluding hydrogens is 164 g/mol. The summed E-state index contributed by atoms with van der Waals surface area (Å²) in [5.74, 6) is 0.818. The van der Waals surface area contributed by atoms with Gasteiger partial charge in [0.2, 0.25) is 0 Å². The molecule has 13 heavy (non-hydrogen) atoms. The van der Waals surface area contributed by atoms with Crippen LogP contribution in [0.25, 0.3) is 0 Å². The van der Waals surface area contributed by atoms with Gasteiger partial charge in [0.15, 0.2) is 0 Å². The molecule has 1 saturated heterocycles. The summed E-state index contributed by atoms with van der Waals surface area (Å²) in [6.45, 7) is 2.33. The lowest BCUT2D eigenvalue weighted by Crippen LogP contribution is -2.29. The Labute approximate surface area is 78.3 Å². The minimum absolute atomic E-state index is 0.818. The number of nitrogens with one attached hydrogen (secondary N) is 1. The average molecular weight is 180 g/mol. The number of piperidine rings is 1. The van der Waals surface area contributed by atoms with Crippen molar-refractivity contribution >= 4 is 0 Å². The smallest absolute Gasteiger partial charge is 0.0725 e. The van der Waals surface area contributed by atoms with E-state index in [2.05, 4.69) is 15.6 Å². The second-order valence-corrected chi connectivity index (χ2v) is 3.75. The molecule has 0 bridgehead atoms. The van der Waals surface area contributed by atoms with Gasteiger partial charge in [0.05, 0.1) is 11.9 Å². The number of aromatic nitrogens is 3. The molecule has 1 N–H and O–H groups in total. The van der Waals surface area contributed by atoms with Gasteiger partial charge in [-0.25, -0.2) is 0 Å². The van der Waals surface area contributed by atoms with Crippen LogP contribution in [0.3, 0.4) is 0 Å². The Morgan fingerprint density at radius 2 is 2.31 bits per heavy atom. The van der Waals surface area contributed by atoms with Gasteiger partial charge in [0, 0.05) is 7.05 Å². The van der Waals surface area contributed by atoms with Crippen molar-refractivity contribution in [2.24, 2.45) is 13.0 Å². The van der Waals surface area contributed by atoms with Gasteiger partial charge in [-0.1, -0.05) is 5.21 Å². The molecule has 0 saturated carbocycles. The van der Waals surface area contributed by atoms with Crippen molar-refractivity contribution in [3.8, 4) is 0 Å². The van der Waals surface area contributed by atoms with Gasteiger partial charge in [-0.3, -0.25) is 4.68 Å². The summed E-state index contributed by atoms with van der Waals surface area (Å²) in [6, 6.07) is 0. The van der Waals surface area contributed by atoms with Crippen molar-refractivity contribution in [1.29, 1.82) is 0 Å². The molecule has 0 radical (unpaired) electrons. The Morgan fingerprint density at radius 3 is 2.92 bits per heavy atom. The van der Waals surface area contributed by atoms with Crippen LogP contribution in [0.4, 0.5) is 0 Å². The van der Waals surface area contributed by atoms with E-state index in [1.165, 1.54) is 18.5 Å². The van der Waals surface area contributed by atoms with Gasteiger partial charge >= 0.3 is 0 Å². The van der Waals surface area contributed by atoms with E-state index in [0.717, 1.165) is 25.4 Å². The fourth-order valence-corrected chi connectivity index (χ4v) is 1.88. The van der Waals surface area contributed by atoms with E-state index in [1.54, 1.807) is 0 Å². The molecule has 0 unspecified atom stereocenters. The van der Waals surface area contributed by atoms with E-state index in [0.29, 0.717) is 0 Å². The first-order valence-electron chi connectivity index (χ1n) is 4.90. The molecule has 1 aromatic rings. The first kappa shape index (κ1) is 8.69. The molecule has 1 aliphatic heterocycles. The van der Waals surface area contributed by atoms with Crippen LogP contribution in [0.5, 0.6) is 0 Å². The number of hydrogen-bond donors (Lipinski definition) is 1. The fourth-order valence-electron chi connectivity index (χ4n) is 1.88. The zero-order valence-corrected chi connectivity index (χ0v) is 8.03. The molecule has 2 rings (SSSR count). The normalized spacial score (nSPS) is 19.2. The first-order chi connectivity index (χ1) is 6.36. The molecule has 0 amide bonds. The Morgan fingerprint density at radius 1 is 1.54 bits per heavy atom. The van der Waals surface area contributed by atoms with E-state index in [-0.39, 0.29) is 0 Å². The van der Waals surface area contributed by atoms with Crippen LogP contribution in [-0.2, 0) is 13.5 Å². The largest absolute Gasteiger partial charge is 0.317 e. The van der Waals surface area contributed by atoms with E-state index in [9.17, 15) is 0 Å². The molecule has 0 spiro atoms. The molecule has 0 aliphatic carbocycles. The average Bonchev–Trinajstić information content (AvgIpc) is 2.54. The van der Waals surface area contributed by atoms with Crippen molar-refractivity contribution in [2.75, 3.05) is 13.1 Å². The van der Waals surface area contributed by atoms with E-state index in [1.807, 2.05) is 17.9 Å². The van der Waals surface area contributed by atoms with Crippen LogP contribution in [0, 0.1) is 5.92 Å². The molecule has 4 nitrogen and oxygen atoms in total. The van der Waals surface area contributed by atoms with E-state index < -0.39 is 0 Å². The van der Waals surface area contributed by atoms with Crippen LogP contribution in [0.2, 0.25) is 0 Å². The Kier molecular flexibility index (Phi) is 2.59. The SMILES string of the molecule is Cn1nncc1CC1CCNCC1.